The van der Waals surface area contributed by atoms with Gasteiger partial charge in [-0.2, -0.15) is 0 Å². The number of likely N-dealkylation sites (N-methyl/N-ethyl adjacent to an activating group) is 1. The van der Waals surface area contributed by atoms with Gasteiger partial charge < -0.3 is 19.8 Å². The van der Waals surface area contributed by atoms with Gasteiger partial charge in [-0.05, 0) is 48.5 Å². The molecule has 2 rings (SSSR count). The number of rotatable bonds is 7. The zero-order valence-electron chi connectivity index (χ0n) is 13.9. The first-order valence-corrected chi connectivity index (χ1v) is 8.50. The molecule has 1 aromatic heterocycles. The summed E-state index contributed by atoms with van der Waals surface area (Å²) in [5.41, 5.74) is 1.37. The minimum atomic E-state index is -1.82. The van der Waals surface area contributed by atoms with Crippen molar-refractivity contribution in [2.45, 2.75) is 13.3 Å². The van der Waals surface area contributed by atoms with Crippen molar-refractivity contribution in [2.24, 2.45) is 0 Å². The molecule has 0 aliphatic carbocycles. The fourth-order valence-electron chi connectivity index (χ4n) is 1.84. The zero-order chi connectivity index (χ0) is 17.9. The highest BCUT2D eigenvalue weighted by Gasteiger charge is 2.04. The number of thiophene rings is 1. The van der Waals surface area contributed by atoms with E-state index in [1.54, 1.807) is 11.3 Å². The maximum Gasteiger partial charge on any atom is 0.414 e. The highest BCUT2D eigenvalue weighted by molar-refractivity contribution is 7.17. The summed E-state index contributed by atoms with van der Waals surface area (Å²) in [6, 6.07) is 8.87. The first kappa shape index (κ1) is 20.1. The minimum absolute atomic E-state index is 0.813. The molecule has 132 valence electrons. The second kappa shape index (κ2) is 10.7. The second-order valence-corrected chi connectivity index (χ2v) is 6.11. The van der Waals surface area contributed by atoms with Gasteiger partial charge in [-0.15, -0.1) is 11.3 Å². The van der Waals surface area contributed by atoms with Crippen molar-refractivity contribution in [3.05, 3.63) is 35.2 Å². The molecule has 0 saturated carbocycles. The molecule has 24 heavy (non-hydrogen) atoms. The van der Waals surface area contributed by atoms with Crippen molar-refractivity contribution in [1.82, 2.24) is 4.90 Å². The lowest BCUT2D eigenvalue weighted by Gasteiger charge is -2.13. The Labute approximate surface area is 145 Å². The van der Waals surface area contributed by atoms with Crippen molar-refractivity contribution in [2.75, 3.05) is 33.4 Å². The van der Waals surface area contributed by atoms with E-state index >= 15 is 0 Å². The third-order valence-electron chi connectivity index (χ3n) is 3.39. The number of ether oxygens (including phenoxy) is 1. The number of benzene rings is 1. The molecule has 0 bridgehead atoms. The Morgan fingerprint density at radius 1 is 1.17 bits per heavy atom. The lowest BCUT2D eigenvalue weighted by molar-refractivity contribution is -0.159. The molecular formula is C17H23NO5S. The van der Waals surface area contributed by atoms with E-state index in [4.69, 9.17) is 24.5 Å². The largest absolute Gasteiger partial charge is 0.473 e. The highest BCUT2D eigenvalue weighted by Crippen LogP contribution is 2.21. The van der Waals surface area contributed by atoms with Gasteiger partial charge in [-0.1, -0.05) is 19.1 Å². The fourth-order valence-corrected chi connectivity index (χ4v) is 2.61. The third kappa shape index (κ3) is 7.54. The van der Waals surface area contributed by atoms with Gasteiger partial charge in [-0.25, -0.2) is 9.59 Å². The Kier molecular flexibility index (Phi) is 8.99. The predicted octanol–water partition coefficient (Wildman–Crippen LogP) is 2.57. The van der Waals surface area contributed by atoms with E-state index < -0.39 is 11.9 Å². The summed E-state index contributed by atoms with van der Waals surface area (Å²) in [5.74, 6) is -3.65. The summed E-state index contributed by atoms with van der Waals surface area (Å²) in [6.07, 6.45) is 1.00. The summed E-state index contributed by atoms with van der Waals surface area (Å²) < 4.78 is 7.03. The highest BCUT2D eigenvalue weighted by atomic mass is 32.1. The summed E-state index contributed by atoms with van der Waals surface area (Å²) in [4.78, 5) is 20.5. The monoisotopic (exact) mass is 353 g/mol. The van der Waals surface area contributed by atoms with Crippen LogP contribution in [0.3, 0.4) is 0 Å². The molecule has 1 heterocycles. The number of fused-ring (bicyclic) bond motifs is 1. The number of hydrogen-bond acceptors (Lipinski definition) is 5. The average molecular weight is 353 g/mol. The van der Waals surface area contributed by atoms with E-state index in [2.05, 4.69) is 48.5 Å². The smallest absolute Gasteiger partial charge is 0.414 e. The van der Waals surface area contributed by atoms with Crippen molar-refractivity contribution < 1.29 is 24.5 Å². The van der Waals surface area contributed by atoms with E-state index in [-0.39, 0.29) is 0 Å². The molecule has 0 atom stereocenters. The quantitative estimate of drug-likeness (QED) is 0.588. The number of hydrogen-bond donors (Lipinski definition) is 2. The summed E-state index contributed by atoms with van der Waals surface area (Å²) in [7, 11) is 2.12. The van der Waals surface area contributed by atoms with E-state index in [1.807, 2.05) is 0 Å². The Balaban J connectivity index is 0.000000413. The lowest BCUT2D eigenvalue weighted by atomic mass is 10.1. The van der Waals surface area contributed by atoms with Crippen LogP contribution in [0.15, 0.2) is 29.6 Å². The first-order valence-electron chi connectivity index (χ1n) is 7.62. The van der Waals surface area contributed by atoms with Gasteiger partial charge in [-0.3, -0.25) is 0 Å². The molecule has 2 aromatic rings. The van der Waals surface area contributed by atoms with E-state index in [1.165, 1.54) is 15.6 Å². The van der Waals surface area contributed by atoms with Crippen LogP contribution < -0.4 is 0 Å². The topological polar surface area (TPSA) is 87.1 Å². The lowest BCUT2D eigenvalue weighted by Crippen LogP contribution is -2.22. The molecule has 2 N–H and O–H groups in total. The van der Waals surface area contributed by atoms with Crippen molar-refractivity contribution >= 4 is 33.4 Å². The number of aliphatic carboxylic acids is 2. The molecule has 0 saturated heterocycles. The van der Waals surface area contributed by atoms with Crippen LogP contribution in [0.25, 0.3) is 10.1 Å². The fraction of sp³-hybridized carbons (Fsp3) is 0.412. The van der Waals surface area contributed by atoms with Crippen LogP contribution >= 0.6 is 11.3 Å². The van der Waals surface area contributed by atoms with Gasteiger partial charge in [0.25, 0.3) is 0 Å². The molecule has 0 aliphatic heterocycles. The SMILES string of the molecule is CCN(C)CCOCCc1ccc2sccc2c1.O=C(O)C(=O)O. The molecule has 0 radical (unpaired) electrons. The number of carboxylic acids is 2. The van der Waals surface area contributed by atoms with Crippen LogP contribution in [-0.2, 0) is 20.7 Å². The standard InChI is InChI=1S/C15H21NOS.C2H2O4/c1-3-16(2)8-10-17-9-6-13-4-5-15-14(12-13)7-11-18-15;3-1(4)2(5)6/h4-5,7,11-12H,3,6,8-10H2,1-2H3;(H,3,4)(H,5,6). The van der Waals surface area contributed by atoms with E-state index in [0.29, 0.717) is 0 Å². The van der Waals surface area contributed by atoms with Crippen molar-refractivity contribution in [1.29, 1.82) is 0 Å². The molecule has 6 nitrogen and oxygen atoms in total. The zero-order valence-corrected chi connectivity index (χ0v) is 14.7. The molecule has 1 aromatic carbocycles. The molecule has 0 spiro atoms. The second-order valence-electron chi connectivity index (χ2n) is 5.16. The molecular weight excluding hydrogens is 330 g/mol. The van der Waals surface area contributed by atoms with Crippen LogP contribution in [0.1, 0.15) is 12.5 Å². The normalized spacial score (nSPS) is 10.5. The van der Waals surface area contributed by atoms with E-state index in [9.17, 15) is 0 Å². The summed E-state index contributed by atoms with van der Waals surface area (Å²) in [5, 5.41) is 18.3. The van der Waals surface area contributed by atoms with Crippen LogP contribution in [-0.4, -0.2) is 60.4 Å². The number of carboxylic acid groups (broad SMARTS) is 2. The average Bonchev–Trinajstić information content (AvgIpc) is 3.02. The summed E-state index contributed by atoms with van der Waals surface area (Å²) >= 11 is 1.80. The first-order chi connectivity index (χ1) is 11.4. The van der Waals surface area contributed by atoms with Gasteiger partial charge in [0, 0.05) is 11.2 Å². The molecule has 0 aliphatic rings. The van der Waals surface area contributed by atoms with Crippen LogP contribution in [0.2, 0.25) is 0 Å². The van der Waals surface area contributed by atoms with Crippen LogP contribution in [0.5, 0.6) is 0 Å². The van der Waals surface area contributed by atoms with Gasteiger partial charge in [0.2, 0.25) is 0 Å². The van der Waals surface area contributed by atoms with Gasteiger partial charge >= 0.3 is 11.9 Å². The Bertz CT molecular complexity index is 643. The van der Waals surface area contributed by atoms with Gasteiger partial charge in [0.15, 0.2) is 0 Å². The van der Waals surface area contributed by atoms with Crippen LogP contribution in [0, 0.1) is 0 Å². The summed E-state index contributed by atoms with van der Waals surface area (Å²) in [6.45, 7) is 5.90. The maximum atomic E-state index is 9.10. The minimum Gasteiger partial charge on any atom is -0.473 e. The van der Waals surface area contributed by atoms with Crippen molar-refractivity contribution in [3.8, 4) is 0 Å². The Morgan fingerprint density at radius 2 is 1.88 bits per heavy atom. The van der Waals surface area contributed by atoms with Gasteiger partial charge in [0.1, 0.15) is 0 Å². The van der Waals surface area contributed by atoms with Crippen molar-refractivity contribution in [3.63, 3.8) is 0 Å². The molecule has 0 amide bonds. The number of nitrogens with zero attached hydrogens (tertiary/aromatic N) is 1. The third-order valence-corrected chi connectivity index (χ3v) is 4.29. The van der Waals surface area contributed by atoms with E-state index in [0.717, 1.165) is 32.7 Å². The maximum absolute atomic E-state index is 9.10. The molecule has 0 fully saturated rings. The predicted molar refractivity (Wildman–Crippen MR) is 94.8 cm³/mol. The van der Waals surface area contributed by atoms with Crippen LogP contribution in [0.4, 0.5) is 0 Å². The van der Waals surface area contributed by atoms with Gasteiger partial charge in [0.05, 0.1) is 13.2 Å². The Morgan fingerprint density at radius 3 is 2.50 bits per heavy atom. The molecule has 0 unspecified atom stereocenters. The molecule has 7 heteroatoms. The number of carbonyl (C=O) groups is 2. The Hall–Kier alpha value is -1.96.